The van der Waals surface area contributed by atoms with Gasteiger partial charge in [0.2, 0.25) is 0 Å². The highest BCUT2D eigenvalue weighted by Gasteiger charge is 2.33. The number of carbonyl (C=O) groups is 1. The average molecular weight is 305 g/mol. The molecule has 0 atom stereocenters. The highest BCUT2D eigenvalue weighted by Crippen LogP contribution is 2.38. The third kappa shape index (κ3) is 2.55. The van der Waals surface area contributed by atoms with Crippen molar-refractivity contribution in [3.05, 3.63) is 59.2 Å². The quantitative estimate of drug-likeness (QED) is 0.785. The van der Waals surface area contributed by atoms with Gasteiger partial charge in [0.05, 0.1) is 5.56 Å². The van der Waals surface area contributed by atoms with Gasteiger partial charge in [0, 0.05) is 16.8 Å². The van der Waals surface area contributed by atoms with E-state index in [4.69, 9.17) is 0 Å². The number of phenols is 1. The second-order valence-electron chi connectivity index (χ2n) is 4.87. The molecule has 112 valence electrons. The molecular formula is C16H10F3NO2. The van der Waals surface area contributed by atoms with Crippen LogP contribution in [0, 0.1) is 0 Å². The summed E-state index contributed by atoms with van der Waals surface area (Å²) in [6.45, 7) is 0. The summed E-state index contributed by atoms with van der Waals surface area (Å²) in [6, 6.07) is 9.36. The normalized spacial score (nSPS) is 15.8. The van der Waals surface area contributed by atoms with Crippen molar-refractivity contribution in [1.82, 2.24) is 0 Å². The third-order valence-electron chi connectivity index (χ3n) is 3.31. The van der Waals surface area contributed by atoms with Gasteiger partial charge in [-0.15, -0.1) is 0 Å². The molecule has 1 aliphatic rings. The summed E-state index contributed by atoms with van der Waals surface area (Å²) >= 11 is 0. The Labute approximate surface area is 123 Å². The Kier molecular flexibility index (Phi) is 3.16. The minimum Gasteiger partial charge on any atom is -0.508 e. The Balaban J connectivity index is 2.05. The lowest BCUT2D eigenvalue weighted by molar-refractivity contribution is -0.137. The molecule has 22 heavy (non-hydrogen) atoms. The van der Waals surface area contributed by atoms with Gasteiger partial charge in [-0.1, -0.05) is 18.2 Å². The van der Waals surface area contributed by atoms with Crippen LogP contribution in [0.5, 0.6) is 5.75 Å². The summed E-state index contributed by atoms with van der Waals surface area (Å²) in [4.78, 5) is 12.0. The van der Waals surface area contributed by atoms with Gasteiger partial charge in [0.15, 0.2) is 0 Å². The number of benzene rings is 2. The summed E-state index contributed by atoms with van der Waals surface area (Å²) < 4.78 is 38.1. The van der Waals surface area contributed by atoms with Crippen LogP contribution in [0.4, 0.5) is 18.9 Å². The standard InChI is InChI=1S/C16H10F3NO2/c17-16(18,19)10-4-5-12-13(15(22)20-14(12)8-10)7-9-2-1-3-11(21)6-9/h1-8,21H,(H,20,22)/b13-7-. The van der Waals surface area contributed by atoms with Gasteiger partial charge in [-0.3, -0.25) is 4.79 Å². The number of halogens is 3. The van der Waals surface area contributed by atoms with Crippen LogP contribution in [0.25, 0.3) is 11.6 Å². The fourth-order valence-corrected chi connectivity index (χ4v) is 2.30. The van der Waals surface area contributed by atoms with Crippen molar-refractivity contribution in [3.8, 4) is 5.75 Å². The number of phenolic OH excluding ortho intramolecular Hbond substituents is 1. The number of carbonyl (C=O) groups excluding carboxylic acids is 1. The molecule has 2 aromatic carbocycles. The molecule has 0 saturated carbocycles. The summed E-state index contributed by atoms with van der Waals surface area (Å²) in [5.74, 6) is -0.432. The molecule has 3 rings (SSSR count). The molecule has 0 radical (unpaired) electrons. The predicted molar refractivity (Wildman–Crippen MR) is 76.1 cm³/mol. The van der Waals surface area contributed by atoms with Crippen molar-refractivity contribution in [2.24, 2.45) is 0 Å². The maximum Gasteiger partial charge on any atom is 0.416 e. The summed E-state index contributed by atoms with van der Waals surface area (Å²) in [7, 11) is 0. The number of hydrogen-bond donors (Lipinski definition) is 2. The van der Waals surface area contributed by atoms with Gasteiger partial charge in [-0.2, -0.15) is 13.2 Å². The molecule has 3 nitrogen and oxygen atoms in total. The van der Waals surface area contributed by atoms with Gasteiger partial charge in [-0.25, -0.2) is 0 Å². The first-order valence-electron chi connectivity index (χ1n) is 6.38. The van der Waals surface area contributed by atoms with Crippen molar-refractivity contribution >= 4 is 23.2 Å². The molecule has 0 unspecified atom stereocenters. The van der Waals surface area contributed by atoms with E-state index in [1.807, 2.05) is 0 Å². The number of nitrogens with one attached hydrogen (secondary N) is 1. The molecule has 2 aromatic rings. The van der Waals surface area contributed by atoms with E-state index in [-0.39, 0.29) is 17.0 Å². The van der Waals surface area contributed by atoms with Crippen molar-refractivity contribution in [2.75, 3.05) is 5.32 Å². The fraction of sp³-hybridized carbons (Fsp3) is 0.0625. The molecule has 1 aliphatic heterocycles. The number of anilines is 1. The molecule has 0 saturated heterocycles. The topological polar surface area (TPSA) is 49.3 Å². The van der Waals surface area contributed by atoms with E-state index in [0.717, 1.165) is 12.1 Å². The van der Waals surface area contributed by atoms with E-state index in [2.05, 4.69) is 5.32 Å². The maximum absolute atomic E-state index is 12.7. The molecule has 1 amide bonds. The largest absolute Gasteiger partial charge is 0.508 e. The first kappa shape index (κ1) is 14.2. The summed E-state index contributed by atoms with van der Waals surface area (Å²) in [6.07, 6.45) is -2.94. The number of hydrogen-bond acceptors (Lipinski definition) is 2. The Bertz CT molecular complexity index is 794. The zero-order valence-corrected chi connectivity index (χ0v) is 11.1. The summed E-state index contributed by atoms with van der Waals surface area (Å²) in [5.41, 5.74) is 0.560. The van der Waals surface area contributed by atoms with Crippen LogP contribution in [0.2, 0.25) is 0 Å². The van der Waals surface area contributed by atoms with Crippen LogP contribution in [0.1, 0.15) is 16.7 Å². The van der Waals surface area contributed by atoms with Crippen LogP contribution in [0.3, 0.4) is 0 Å². The van der Waals surface area contributed by atoms with Crippen molar-refractivity contribution in [3.63, 3.8) is 0 Å². The first-order chi connectivity index (χ1) is 10.3. The van der Waals surface area contributed by atoms with Crippen LogP contribution in [0.15, 0.2) is 42.5 Å². The SMILES string of the molecule is O=C1Nc2cc(C(F)(F)F)ccc2/C1=C/c1cccc(O)c1. The number of fused-ring (bicyclic) bond motifs is 1. The lowest BCUT2D eigenvalue weighted by Gasteiger charge is -2.08. The lowest BCUT2D eigenvalue weighted by Crippen LogP contribution is -2.06. The molecule has 6 heteroatoms. The second kappa shape index (κ2) is 4.91. The highest BCUT2D eigenvalue weighted by atomic mass is 19.4. The molecule has 0 aliphatic carbocycles. The van der Waals surface area contributed by atoms with E-state index < -0.39 is 17.6 Å². The fourth-order valence-electron chi connectivity index (χ4n) is 2.30. The van der Waals surface area contributed by atoms with E-state index in [0.29, 0.717) is 11.1 Å². The molecule has 0 aromatic heterocycles. The molecule has 0 fully saturated rings. The van der Waals surface area contributed by atoms with E-state index in [9.17, 15) is 23.1 Å². The van der Waals surface area contributed by atoms with Crippen molar-refractivity contribution < 1.29 is 23.1 Å². The Morgan fingerprint density at radius 3 is 2.55 bits per heavy atom. The number of aromatic hydroxyl groups is 1. The van der Waals surface area contributed by atoms with Gasteiger partial charge >= 0.3 is 6.18 Å². The molecular weight excluding hydrogens is 295 g/mol. The van der Waals surface area contributed by atoms with Crippen LogP contribution >= 0.6 is 0 Å². The van der Waals surface area contributed by atoms with Crippen LogP contribution in [-0.2, 0) is 11.0 Å². The summed E-state index contributed by atoms with van der Waals surface area (Å²) in [5, 5.41) is 11.8. The van der Waals surface area contributed by atoms with Crippen LogP contribution < -0.4 is 5.32 Å². The Hall–Kier alpha value is -2.76. The van der Waals surface area contributed by atoms with Crippen molar-refractivity contribution in [1.29, 1.82) is 0 Å². The van der Waals surface area contributed by atoms with Gasteiger partial charge < -0.3 is 10.4 Å². The third-order valence-corrected chi connectivity index (χ3v) is 3.31. The minimum absolute atomic E-state index is 0.0420. The van der Waals surface area contributed by atoms with Crippen molar-refractivity contribution in [2.45, 2.75) is 6.18 Å². The van der Waals surface area contributed by atoms with E-state index >= 15 is 0 Å². The smallest absolute Gasteiger partial charge is 0.416 e. The number of alkyl halides is 3. The first-order valence-corrected chi connectivity index (χ1v) is 6.38. The zero-order valence-electron chi connectivity index (χ0n) is 11.1. The molecule has 0 spiro atoms. The van der Waals surface area contributed by atoms with E-state index in [1.54, 1.807) is 12.1 Å². The maximum atomic E-state index is 12.7. The van der Waals surface area contributed by atoms with Gasteiger partial charge in [0.1, 0.15) is 5.75 Å². The number of rotatable bonds is 1. The molecule has 0 bridgehead atoms. The lowest BCUT2D eigenvalue weighted by atomic mass is 10.0. The Morgan fingerprint density at radius 2 is 1.86 bits per heavy atom. The van der Waals surface area contributed by atoms with Gasteiger partial charge in [-0.05, 0) is 35.9 Å². The van der Waals surface area contributed by atoms with E-state index in [1.165, 1.54) is 24.3 Å². The monoisotopic (exact) mass is 305 g/mol. The molecule has 1 heterocycles. The number of amides is 1. The zero-order chi connectivity index (χ0) is 15.9. The minimum atomic E-state index is -4.46. The molecule has 2 N–H and O–H groups in total. The average Bonchev–Trinajstić information content (AvgIpc) is 2.73. The second-order valence-corrected chi connectivity index (χ2v) is 4.87. The Morgan fingerprint density at radius 1 is 1.09 bits per heavy atom. The van der Waals surface area contributed by atoms with Crippen LogP contribution in [-0.4, -0.2) is 11.0 Å². The highest BCUT2D eigenvalue weighted by molar-refractivity contribution is 6.34. The van der Waals surface area contributed by atoms with Gasteiger partial charge in [0.25, 0.3) is 5.91 Å². The predicted octanol–water partition coefficient (Wildman–Crippen LogP) is 3.90.